The fourth-order valence-electron chi connectivity index (χ4n) is 1.36. The smallest absolute Gasteiger partial charge is 0.296 e. The molecule has 5 heteroatoms. The van der Waals surface area contributed by atoms with Crippen molar-refractivity contribution >= 4 is 0 Å². The summed E-state index contributed by atoms with van der Waals surface area (Å²) < 4.78 is 1.39. The third kappa shape index (κ3) is 1.71. The zero-order valence-electron chi connectivity index (χ0n) is 8.10. The number of pyridine rings is 1. The molecule has 5 nitrogen and oxygen atoms in total. The van der Waals surface area contributed by atoms with Crippen LogP contribution >= 0.6 is 0 Å². The summed E-state index contributed by atoms with van der Waals surface area (Å²) in [5, 5.41) is 0. The lowest BCUT2D eigenvalue weighted by molar-refractivity contribution is 0.809. The first-order valence-electron chi connectivity index (χ1n) is 4.39. The zero-order valence-corrected chi connectivity index (χ0v) is 8.10. The van der Waals surface area contributed by atoms with Gasteiger partial charge in [0, 0.05) is 31.1 Å². The molecule has 1 N–H and O–H groups in total. The Kier molecular flexibility index (Phi) is 2.21. The van der Waals surface area contributed by atoms with Crippen LogP contribution in [0.1, 0.15) is 0 Å². The molecule has 0 unspecified atom stereocenters. The summed E-state index contributed by atoms with van der Waals surface area (Å²) in [6, 6.07) is 4.87. The van der Waals surface area contributed by atoms with Gasteiger partial charge in [-0.3, -0.25) is 19.3 Å². The van der Waals surface area contributed by atoms with E-state index in [4.69, 9.17) is 0 Å². The van der Waals surface area contributed by atoms with Crippen molar-refractivity contribution in [3.05, 3.63) is 51.4 Å². The van der Waals surface area contributed by atoms with Crippen LogP contribution in [0.4, 0.5) is 0 Å². The lowest BCUT2D eigenvalue weighted by Crippen LogP contribution is -2.28. The SMILES string of the molecule is Cn1c(-c2ccncc2)cc(=O)[nH]c1=O. The minimum absolute atomic E-state index is 0.398. The van der Waals surface area contributed by atoms with E-state index in [9.17, 15) is 9.59 Å². The standard InChI is InChI=1S/C10H9N3O2/c1-13-8(6-9(14)12-10(13)15)7-2-4-11-5-3-7/h2-6H,1H3,(H,12,14,15). The summed E-state index contributed by atoms with van der Waals surface area (Å²) >= 11 is 0. The molecule has 15 heavy (non-hydrogen) atoms. The van der Waals surface area contributed by atoms with E-state index in [0.717, 1.165) is 5.56 Å². The summed E-state index contributed by atoms with van der Waals surface area (Å²) in [6.07, 6.45) is 3.22. The van der Waals surface area contributed by atoms with Gasteiger partial charge in [0.25, 0.3) is 5.56 Å². The zero-order chi connectivity index (χ0) is 10.8. The maximum Gasteiger partial charge on any atom is 0.328 e. The molecule has 0 amide bonds. The van der Waals surface area contributed by atoms with Crippen LogP contribution in [0.3, 0.4) is 0 Å². The third-order valence-corrected chi connectivity index (χ3v) is 2.14. The fourth-order valence-corrected chi connectivity index (χ4v) is 1.36. The number of rotatable bonds is 1. The van der Waals surface area contributed by atoms with Crippen LogP contribution in [0.2, 0.25) is 0 Å². The van der Waals surface area contributed by atoms with E-state index >= 15 is 0 Å². The summed E-state index contributed by atoms with van der Waals surface area (Å²) in [6.45, 7) is 0. The van der Waals surface area contributed by atoms with Crippen molar-refractivity contribution in [2.24, 2.45) is 7.05 Å². The molecule has 0 aliphatic heterocycles. The van der Waals surface area contributed by atoms with Crippen molar-refractivity contribution in [1.82, 2.24) is 14.5 Å². The number of hydrogen-bond donors (Lipinski definition) is 1. The number of aromatic nitrogens is 3. The Morgan fingerprint density at radius 2 is 1.93 bits per heavy atom. The van der Waals surface area contributed by atoms with E-state index in [1.54, 1.807) is 31.6 Å². The molecule has 0 aliphatic carbocycles. The van der Waals surface area contributed by atoms with E-state index in [0.29, 0.717) is 5.69 Å². The van der Waals surface area contributed by atoms with E-state index in [1.165, 1.54) is 10.6 Å². The summed E-state index contributed by atoms with van der Waals surface area (Å²) in [5.74, 6) is 0. The van der Waals surface area contributed by atoms with Crippen LogP contribution in [-0.4, -0.2) is 14.5 Å². The molecule has 2 rings (SSSR count). The van der Waals surface area contributed by atoms with Crippen molar-refractivity contribution in [2.45, 2.75) is 0 Å². The number of aromatic amines is 1. The van der Waals surface area contributed by atoms with Gasteiger partial charge in [-0.2, -0.15) is 0 Å². The third-order valence-electron chi connectivity index (χ3n) is 2.14. The normalized spacial score (nSPS) is 10.2. The molecule has 0 aromatic carbocycles. The number of nitrogens with one attached hydrogen (secondary N) is 1. The van der Waals surface area contributed by atoms with E-state index in [1.807, 2.05) is 0 Å². The molecule has 0 atom stereocenters. The predicted octanol–water partition coefficient (Wildman–Crippen LogP) is 0.136. The average Bonchev–Trinajstić information content (AvgIpc) is 2.24. The van der Waals surface area contributed by atoms with Gasteiger partial charge < -0.3 is 0 Å². The second-order valence-corrected chi connectivity index (χ2v) is 3.12. The molecule has 0 spiro atoms. The molecular formula is C10H9N3O2. The molecule has 0 fully saturated rings. The van der Waals surface area contributed by atoms with Crippen LogP contribution in [-0.2, 0) is 7.05 Å². The highest BCUT2D eigenvalue weighted by Crippen LogP contribution is 2.13. The Balaban J connectivity index is 2.74. The van der Waals surface area contributed by atoms with Gasteiger partial charge in [-0.1, -0.05) is 0 Å². The maximum atomic E-state index is 11.3. The van der Waals surface area contributed by atoms with Gasteiger partial charge in [-0.25, -0.2) is 4.79 Å². The molecule has 0 saturated carbocycles. The summed E-state index contributed by atoms with van der Waals surface area (Å²) in [4.78, 5) is 28.5. The average molecular weight is 203 g/mol. The predicted molar refractivity (Wildman–Crippen MR) is 55.5 cm³/mol. The number of hydrogen-bond acceptors (Lipinski definition) is 3. The van der Waals surface area contributed by atoms with Crippen LogP contribution in [0, 0.1) is 0 Å². The minimum atomic E-state index is -0.422. The molecule has 2 aromatic rings. The Labute approximate surface area is 85.0 Å². The van der Waals surface area contributed by atoms with Gasteiger partial charge in [0.05, 0.1) is 5.69 Å². The molecule has 0 radical (unpaired) electrons. The highest BCUT2D eigenvalue weighted by Gasteiger charge is 2.03. The molecule has 0 saturated heterocycles. The number of H-pyrrole nitrogens is 1. The van der Waals surface area contributed by atoms with Crippen molar-refractivity contribution in [2.75, 3.05) is 0 Å². The Bertz CT molecular complexity index is 584. The van der Waals surface area contributed by atoms with Gasteiger partial charge in [0.15, 0.2) is 0 Å². The second-order valence-electron chi connectivity index (χ2n) is 3.12. The second kappa shape index (κ2) is 3.53. The Morgan fingerprint density at radius 3 is 2.60 bits per heavy atom. The highest BCUT2D eigenvalue weighted by atomic mass is 16.2. The van der Waals surface area contributed by atoms with Crippen LogP contribution in [0.5, 0.6) is 0 Å². The van der Waals surface area contributed by atoms with E-state index in [-0.39, 0.29) is 0 Å². The van der Waals surface area contributed by atoms with Crippen LogP contribution in [0.25, 0.3) is 11.3 Å². The Hall–Kier alpha value is -2.17. The van der Waals surface area contributed by atoms with E-state index < -0.39 is 11.2 Å². The molecule has 2 aromatic heterocycles. The fraction of sp³-hybridized carbons (Fsp3) is 0.100. The lowest BCUT2D eigenvalue weighted by atomic mass is 10.2. The lowest BCUT2D eigenvalue weighted by Gasteiger charge is -2.05. The largest absolute Gasteiger partial charge is 0.328 e. The Morgan fingerprint density at radius 1 is 1.27 bits per heavy atom. The van der Waals surface area contributed by atoms with E-state index in [2.05, 4.69) is 9.97 Å². The van der Waals surface area contributed by atoms with Crippen LogP contribution in [0.15, 0.2) is 40.2 Å². The van der Waals surface area contributed by atoms with Gasteiger partial charge in [-0.15, -0.1) is 0 Å². The molecular weight excluding hydrogens is 194 g/mol. The highest BCUT2D eigenvalue weighted by molar-refractivity contribution is 5.57. The molecule has 2 heterocycles. The van der Waals surface area contributed by atoms with Crippen molar-refractivity contribution in [3.63, 3.8) is 0 Å². The first kappa shape index (κ1) is 9.39. The number of nitrogens with zero attached hydrogens (tertiary/aromatic N) is 2. The van der Waals surface area contributed by atoms with Crippen molar-refractivity contribution in [1.29, 1.82) is 0 Å². The van der Waals surface area contributed by atoms with Gasteiger partial charge >= 0.3 is 5.69 Å². The molecule has 0 aliphatic rings. The summed E-state index contributed by atoms with van der Waals surface area (Å²) in [7, 11) is 1.61. The van der Waals surface area contributed by atoms with Gasteiger partial charge in [0.2, 0.25) is 0 Å². The topological polar surface area (TPSA) is 67.8 Å². The van der Waals surface area contributed by atoms with Crippen molar-refractivity contribution in [3.8, 4) is 11.3 Å². The maximum absolute atomic E-state index is 11.3. The first-order chi connectivity index (χ1) is 7.18. The monoisotopic (exact) mass is 203 g/mol. The van der Waals surface area contributed by atoms with Gasteiger partial charge in [-0.05, 0) is 12.1 Å². The van der Waals surface area contributed by atoms with Crippen molar-refractivity contribution < 1.29 is 0 Å². The summed E-state index contributed by atoms with van der Waals surface area (Å²) in [5.41, 5.74) is 0.543. The molecule has 76 valence electrons. The minimum Gasteiger partial charge on any atom is -0.296 e. The first-order valence-corrected chi connectivity index (χ1v) is 4.39. The molecule has 0 bridgehead atoms. The quantitative estimate of drug-likeness (QED) is 0.716. The van der Waals surface area contributed by atoms with Crippen LogP contribution < -0.4 is 11.2 Å². The van der Waals surface area contributed by atoms with Gasteiger partial charge in [0.1, 0.15) is 0 Å².